The molecule has 0 aliphatic carbocycles. The lowest BCUT2D eigenvalue weighted by Gasteiger charge is -1.95. The zero-order valence-electron chi connectivity index (χ0n) is 7.57. The Morgan fingerprint density at radius 2 is 1.56 bits per heavy atom. The van der Waals surface area contributed by atoms with E-state index < -0.39 is 0 Å². The summed E-state index contributed by atoms with van der Waals surface area (Å²) < 4.78 is 0. The molecule has 9 heavy (non-hydrogen) atoms. The Morgan fingerprint density at radius 1 is 1.22 bits per heavy atom. The van der Waals surface area contributed by atoms with Crippen LogP contribution in [0.3, 0.4) is 0 Å². The second-order valence-corrected chi connectivity index (χ2v) is 2.76. The summed E-state index contributed by atoms with van der Waals surface area (Å²) in [5.41, 5.74) is 0. The number of hydrogen-bond acceptors (Lipinski definition) is 0. The van der Waals surface area contributed by atoms with Gasteiger partial charge in [-0.15, -0.1) is 0 Å². The molecule has 0 aromatic rings. The lowest BCUT2D eigenvalue weighted by atomic mass is 10.1. The molecule has 0 atom stereocenters. The first-order valence-corrected chi connectivity index (χ1v) is 3.92. The van der Waals surface area contributed by atoms with Crippen LogP contribution in [-0.2, 0) is 0 Å². The van der Waals surface area contributed by atoms with E-state index in [0.717, 1.165) is 5.92 Å². The zero-order valence-corrected chi connectivity index (χ0v) is 7.57. The standard InChI is InChI=1S/C6H14.C3H7/c1-4-5-6(2)3;1-3-2/h6H,4-5H2,1-3H3;3H,1-2H3. The maximum atomic E-state index is 2.25. The van der Waals surface area contributed by atoms with Crippen LogP contribution in [0, 0.1) is 12.3 Å². The van der Waals surface area contributed by atoms with Crippen LogP contribution in [-0.4, -0.2) is 0 Å². The molecule has 57 valence electrons. The second-order valence-electron chi connectivity index (χ2n) is 2.76. The van der Waals surface area contributed by atoms with E-state index in [4.69, 9.17) is 0 Å². The van der Waals surface area contributed by atoms with E-state index in [1.165, 1.54) is 12.8 Å². The summed E-state index contributed by atoms with van der Waals surface area (Å²) in [6.45, 7) is 10.7. The van der Waals surface area contributed by atoms with Crippen LogP contribution >= 0.6 is 0 Å². The maximum absolute atomic E-state index is 2.25. The average Bonchev–Trinajstić information content (AvgIpc) is 1.67. The van der Waals surface area contributed by atoms with Gasteiger partial charge in [0.05, 0.1) is 0 Å². The van der Waals surface area contributed by atoms with Gasteiger partial charge in [0.15, 0.2) is 0 Å². The van der Waals surface area contributed by atoms with E-state index in [-0.39, 0.29) is 0 Å². The number of hydrogen-bond donors (Lipinski definition) is 0. The Hall–Kier alpha value is 0. The third-order valence-corrected chi connectivity index (χ3v) is 0.866. The summed E-state index contributed by atoms with van der Waals surface area (Å²) in [5, 5.41) is 0. The summed E-state index contributed by atoms with van der Waals surface area (Å²) in [5.74, 6) is 0.898. The highest BCUT2D eigenvalue weighted by atomic mass is 13.9. The smallest absolute Gasteiger partial charge is 0.0448 e. The van der Waals surface area contributed by atoms with Crippen molar-refractivity contribution in [3.05, 3.63) is 6.42 Å². The number of rotatable bonds is 2. The Kier molecular flexibility index (Phi) is 14.2. The minimum absolute atomic E-state index is 0.898. The SMILES string of the molecule is CCCC(C)C.C[CH]C. The monoisotopic (exact) mass is 129 g/mol. The van der Waals surface area contributed by atoms with Gasteiger partial charge in [-0.2, -0.15) is 0 Å². The van der Waals surface area contributed by atoms with E-state index in [9.17, 15) is 0 Å². The highest BCUT2D eigenvalue weighted by molar-refractivity contribution is 4.38. The Bertz CT molecular complexity index is 29.0. The second kappa shape index (κ2) is 10.9. The van der Waals surface area contributed by atoms with Gasteiger partial charge in [-0.05, 0) is 12.3 Å². The normalized spacial score (nSPS) is 8.67. The fraction of sp³-hybridized carbons (Fsp3) is 0.889. The molecular formula is C9H21. The first kappa shape index (κ1) is 11.8. The molecule has 0 nitrogen and oxygen atoms in total. The molecule has 1 radical (unpaired) electrons. The van der Waals surface area contributed by atoms with Crippen molar-refractivity contribution in [2.45, 2.75) is 47.5 Å². The molecule has 0 fully saturated rings. The minimum Gasteiger partial charge on any atom is -0.0654 e. The molecule has 0 bridgehead atoms. The van der Waals surface area contributed by atoms with Crippen LogP contribution in [0.5, 0.6) is 0 Å². The molecular weight excluding hydrogens is 108 g/mol. The van der Waals surface area contributed by atoms with Gasteiger partial charge >= 0.3 is 0 Å². The van der Waals surface area contributed by atoms with E-state index in [2.05, 4.69) is 20.8 Å². The van der Waals surface area contributed by atoms with Crippen molar-refractivity contribution in [2.24, 2.45) is 5.92 Å². The highest BCUT2D eigenvalue weighted by Gasteiger charge is 1.85. The van der Waals surface area contributed by atoms with Crippen LogP contribution in [0.15, 0.2) is 0 Å². The third-order valence-electron chi connectivity index (χ3n) is 0.866. The van der Waals surface area contributed by atoms with E-state index in [1.54, 1.807) is 0 Å². The van der Waals surface area contributed by atoms with Crippen molar-refractivity contribution in [2.75, 3.05) is 0 Å². The fourth-order valence-electron chi connectivity index (χ4n) is 0.577. The van der Waals surface area contributed by atoms with Crippen molar-refractivity contribution in [1.29, 1.82) is 0 Å². The lowest BCUT2D eigenvalue weighted by molar-refractivity contribution is 0.576. The van der Waals surface area contributed by atoms with Gasteiger partial charge in [0.1, 0.15) is 0 Å². The summed E-state index contributed by atoms with van der Waals surface area (Å²) in [6, 6.07) is 0. The predicted molar refractivity (Wildman–Crippen MR) is 45.4 cm³/mol. The molecule has 0 amide bonds. The van der Waals surface area contributed by atoms with Crippen LogP contribution in [0.25, 0.3) is 0 Å². The Labute approximate surface area is 60.7 Å². The molecule has 0 spiro atoms. The molecule has 0 aliphatic heterocycles. The first-order valence-electron chi connectivity index (χ1n) is 3.92. The summed E-state index contributed by atoms with van der Waals surface area (Å²) in [6.07, 6.45) is 4.71. The van der Waals surface area contributed by atoms with Gasteiger partial charge in [0.2, 0.25) is 0 Å². The summed E-state index contributed by atoms with van der Waals surface area (Å²) in [7, 11) is 0. The molecule has 0 aromatic heterocycles. The minimum atomic E-state index is 0.898. The first-order chi connectivity index (χ1) is 4.18. The van der Waals surface area contributed by atoms with Crippen molar-refractivity contribution in [3.63, 3.8) is 0 Å². The molecule has 0 aliphatic rings. The zero-order chi connectivity index (χ0) is 7.70. The van der Waals surface area contributed by atoms with Gasteiger partial charge in [0.25, 0.3) is 0 Å². The van der Waals surface area contributed by atoms with Crippen LogP contribution in [0.2, 0.25) is 0 Å². The van der Waals surface area contributed by atoms with Gasteiger partial charge < -0.3 is 0 Å². The Balaban J connectivity index is 0. The fourth-order valence-corrected chi connectivity index (χ4v) is 0.577. The summed E-state index contributed by atoms with van der Waals surface area (Å²) >= 11 is 0. The van der Waals surface area contributed by atoms with Crippen molar-refractivity contribution >= 4 is 0 Å². The molecule has 0 saturated carbocycles. The quantitative estimate of drug-likeness (QED) is 0.533. The molecule has 0 N–H and O–H groups in total. The van der Waals surface area contributed by atoms with Crippen molar-refractivity contribution < 1.29 is 0 Å². The van der Waals surface area contributed by atoms with Gasteiger partial charge in [-0.25, -0.2) is 0 Å². The lowest BCUT2D eigenvalue weighted by Crippen LogP contribution is -1.81. The van der Waals surface area contributed by atoms with E-state index in [1.807, 2.05) is 20.3 Å². The molecule has 0 heteroatoms. The van der Waals surface area contributed by atoms with Gasteiger partial charge in [0, 0.05) is 0 Å². The van der Waals surface area contributed by atoms with Crippen LogP contribution < -0.4 is 0 Å². The van der Waals surface area contributed by atoms with E-state index in [0.29, 0.717) is 0 Å². The van der Waals surface area contributed by atoms with Gasteiger partial charge in [-0.1, -0.05) is 47.5 Å². The molecule has 0 saturated heterocycles. The topological polar surface area (TPSA) is 0 Å². The van der Waals surface area contributed by atoms with Gasteiger partial charge in [-0.3, -0.25) is 0 Å². The predicted octanol–water partition coefficient (Wildman–Crippen LogP) is 3.67. The van der Waals surface area contributed by atoms with E-state index >= 15 is 0 Å². The molecule has 0 rings (SSSR count). The van der Waals surface area contributed by atoms with Crippen LogP contribution in [0.1, 0.15) is 47.5 Å². The van der Waals surface area contributed by atoms with Crippen molar-refractivity contribution in [3.8, 4) is 0 Å². The largest absolute Gasteiger partial charge is 0.0654 e. The molecule has 0 heterocycles. The third kappa shape index (κ3) is 32.0. The Morgan fingerprint density at radius 3 is 1.56 bits per heavy atom. The summed E-state index contributed by atoms with van der Waals surface area (Å²) in [4.78, 5) is 0. The molecule has 0 unspecified atom stereocenters. The van der Waals surface area contributed by atoms with Crippen molar-refractivity contribution in [1.82, 2.24) is 0 Å². The highest BCUT2D eigenvalue weighted by Crippen LogP contribution is 2.00. The average molecular weight is 129 g/mol. The molecule has 0 aromatic carbocycles. The maximum Gasteiger partial charge on any atom is -0.0448 e. The van der Waals surface area contributed by atoms with Crippen LogP contribution in [0.4, 0.5) is 0 Å².